The van der Waals surface area contributed by atoms with Crippen LogP contribution >= 0.6 is 11.8 Å². The molecule has 0 saturated carbocycles. The van der Waals surface area contributed by atoms with Crippen LogP contribution in [0.3, 0.4) is 0 Å². The lowest BCUT2D eigenvalue weighted by Gasteiger charge is -2.26. The first kappa shape index (κ1) is 24.3. The number of carbonyl (C=O) groups excluding carboxylic acids is 1. The van der Waals surface area contributed by atoms with E-state index in [2.05, 4.69) is 10.3 Å². The summed E-state index contributed by atoms with van der Waals surface area (Å²) >= 11 is 1.53. The number of benzene rings is 2. The van der Waals surface area contributed by atoms with Crippen LogP contribution in [0.4, 0.5) is 4.39 Å². The number of halogens is 1. The first-order chi connectivity index (χ1) is 15.8. The zero-order chi connectivity index (χ0) is 23.8. The van der Waals surface area contributed by atoms with E-state index in [1.807, 2.05) is 29.2 Å². The molecule has 0 aliphatic carbocycles. The molecule has 1 heterocycles. The maximum atomic E-state index is 13.4. The lowest BCUT2D eigenvalue weighted by atomic mass is 9.97. The van der Waals surface area contributed by atoms with Crippen LogP contribution in [0, 0.1) is 5.82 Å². The molecule has 0 radical (unpaired) electrons. The Bertz CT molecular complexity index is 1130. The lowest BCUT2D eigenvalue weighted by molar-refractivity contribution is -0.143. The summed E-state index contributed by atoms with van der Waals surface area (Å²) in [5, 5.41) is 12.3. The van der Waals surface area contributed by atoms with Gasteiger partial charge in [-0.05, 0) is 72.4 Å². The number of aliphatic carboxylic acids is 1. The van der Waals surface area contributed by atoms with Gasteiger partial charge < -0.3 is 15.0 Å². The number of hydrogen-bond acceptors (Lipinski definition) is 4. The van der Waals surface area contributed by atoms with E-state index in [9.17, 15) is 19.1 Å². The summed E-state index contributed by atoms with van der Waals surface area (Å²) in [6.45, 7) is 2.03. The molecule has 0 fully saturated rings. The minimum atomic E-state index is -1.35. The molecule has 0 spiro atoms. The summed E-state index contributed by atoms with van der Waals surface area (Å²) in [4.78, 5) is 28.7. The molecule has 0 aliphatic heterocycles. The molecule has 8 heteroatoms. The minimum absolute atomic E-state index is 0.314. The van der Waals surface area contributed by atoms with Gasteiger partial charge in [-0.1, -0.05) is 24.3 Å². The van der Waals surface area contributed by atoms with Crippen LogP contribution in [0.15, 0.2) is 67.3 Å². The molecule has 0 unspecified atom stereocenters. The lowest BCUT2D eigenvalue weighted by Crippen LogP contribution is -2.52. The normalized spacial score (nSPS) is 13.4. The fourth-order valence-corrected chi connectivity index (χ4v) is 3.90. The zero-order valence-electron chi connectivity index (χ0n) is 18.5. The van der Waals surface area contributed by atoms with Gasteiger partial charge in [0.2, 0.25) is 0 Å². The Morgan fingerprint density at radius 3 is 2.61 bits per heavy atom. The van der Waals surface area contributed by atoms with Crippen molar-refractivity contribution in [2.24, 2.45) is 0 Å². The maximum Gasteiger partial charge on any atom is 0.329 e. The van der Waals surface area contributed by atoms with E-state index in [0.29, 0.717) is 24.3 Å². The number of amides is 1. The Balaban J connectivity index is 1.89. The summed E-state index contributed by atoms with van der Waals surface area (Å²) in [5.41, 5.74) is 1.52. The van der Waals surface area contributed by atoms with E-state index in [-0.39, 0.29) is 5.82 Å². The van der Waals surface area contributed by atoms with Gasteiger partial charge >= 0.3 is 5.97 Å². The fourth-order valence-electron chi connectivity index (χ4n) is 3.28. The van der Waals surface area contributed by atoms with Crippen molar-refractivity contribution in [3.05, 3.63) is 89.8 Å². The van der Waals surface area contributed by atoms with Crippen LogP contribution in [-0.4, -0.2) is 44.1 Å². The number of hydrogen-bond donors (Lipinski definition) is 2. The Hall–Kier alpha value is -3.39. The number of allylic oxidation sites excluding steroid dienone is 1. The van der Waals surface area contributed by atoms with Crippen molar-refractivity contribution < 1.29 is 19.1 Å². The minimum Gasteiger partial charge on any atom is -0.480 e. The average molecular weight is 468 g/mol. The van der Waals surface area contributed by atoms with Gasteiger partial charge in [0.05, 0.1) is 6.33 Å². The van der Waals surface area contributed by atoms with E-state index in [4.69, 9.17) is 0 Å². The van der Waals surface area contributed by atoms with Crippen LogP contribution in [0.2, 0.25) is 0 Å². The van der Waals surface area contributed by atoms with E-state index in [1.165, 1.54) is 30.8 Å². The van der Waals surface area contributed by atoms with Crippen molar-refractivity contribution in [3.63, 3.8) is 0 Å². The molecule has 1 atom stereocenters. The Morgan fingerprint density at radius 1 is 1.21 bits per heavy atom. The van der Waals surface area contributed by atoms with Crippen molar-refractivity contribution in [2.75, 3.05) is 12.0 Å². The summed E-state index contributed by atoms with van der Waals surface area (Å²) in [7, 11) is 0. The SMILES string of the molecule is CSCC[C@](C)(NC(=O)c1cccc(/C=C(/Cn2ccnc2)c2ccc(F)cc2)c1)C(=O)O. The number of nitrogens with zero attached hydrogens (tertiary/aromatic N) is 2. The molecule has 172 valence electrons. The summed E-state index contributed by atoms with van der Waals surface area (Å²) < 4.78 is 15.3. The van der Waals surface area contributed by atoms with Crippen molar-refractivity contribution in [1.29, 1.82) is 0 Å². The molecule has 6 nitrogen and oxygen atoms in total. The molecule has 3 aromatic rings. The summed E-state index contributed by atoms with van der Waals surface area (Å²) in [6.07, 6.45) is 9.35. The van der Waals surface area contributed by atoms with Crippen LogP contribution < -0.4 is 5.32 Å². The molecule has 0 saturated heterocycles. The Labute approximate surface area is 196 Å². The molecule has 1 aromatic heterocycles. The van der Waals surface area contributed by atoms with Gasteiger partial charge in [0.25, 0.3) is 5.91 Å². The molecule has 2 aromatic carbocycles. The van der Waals surface area contributed by atoms with Crippen molar-refractivity contribution in [3.8, 4) is 0 Å². The van der Waals surface area contributed by atoms with Gasteiger partial charge in [0.15, 0.2) is 0 Å². The smallest absolute Gasteiger partial charge is 0.329 e. The second-order valence-electron chi connectivity index (χ2n) is 7.87. The molecule has 0 aliphatic rings. The highest BCUT2D eigenvalue weighted by Gasteiger charge is 2.34. The van der Waals surface area contributed by atoms with Gasteiger partial charge in [-0.3, -0.25) is 4.79 Å². The molecular weight excluding hydrogens is 441 g/mol. The number of aromatic nitrogens is 2. The number of nitrogens with one attached hydrogen (secondary N) is 1. The second kappa shape index (κ2) is 11.0. The fraction of sp³-hybridized carbons (Fsp3) is 0.240. The largest absolute Gasteiger partial charge is 0.480 e. The van der Waals surface area contributed by atoms with Crippen LogP contribution in [0.5, 0.6) is 0 Å². The third kappa shape index (κ3) is 6.55. The number of imidazole rings is 1. The molecule has 0 bridgehead atoms. The maximum absolute atomic E-state index is 13.4. The highest BCUT2D eigenvalue weighted by atomic mass is 32.2. The van der Waals surface area contributed by atoms with Crippen LogP contribution in [-0.2, 0) is 11.3 Å². The average Bonchev–Trinajstić information content (AvgIpc) is 3.31. The van der Waals surface area contributed by atoms with Gasteiger partial charge in [0, 0.05) is 24.5 Å². The highest BCUT2D eigenvalue weighted by Crippen LogP contribution is 2.22. The van der Waals surface area contributed by atoms with Gasteiger partial charge in [0.1, 0.15) is 11.4 Å². The van der Waals surface area contributed by atoms with Gasteiger partial charge in [-0.15, -0.1) is 0 Å². The van der Waals surface area contributed by atoms with Gasteiger partial charge in [-0.2, -0.15) is 11.8 Å². The number of carboxylic acid groups (broad SMARTS) is 1. The molecule has 2 N–H and O–H groups in total. The quantitative estimate of drug-likeness (QED) is 0.426. The van der Waals surface area contributed by atoms with Gasteiger partial charge in [-0.25, -0.2) is 14.2 Å². The summed E-state index contributed by atoms with van der Waals surface area (Å²) in [5.74, 6) is -1.22. The predicted octanol–water partition coefficient (Wildman–Crippen LogP) is 4.59. The first-order valence-electron chi connectivity index (χ1n) is 10.4. The molecular formula is C25H26FN3O3S. The van der Waals surface area contributed by atoms with Crippen LogP contribution in [0.25, 0.3) is 11.6 Å². The number of carbonyl (C=O) groups is 2. The Morgan fingerprint density at radius 2 is 1.97 bits per heavy atom. The zero-order valence-corrected chi connectivity index (χ0v) is 19.3. The predicted molar refractivity (Wildman–Crippen MR) is 129 cm³/mol. The monoisotopic (exact) mass is 467 g/mol. The topological polar surface area (TPSA) is 84.2 Å². The molecule has 1 amide bonds. The number of rotatable bonds is 10. The first-order valence-corrected chi connectivity index (χ1v) is 11.8. The Kier molecular flexibility index (Phi) is 8.06. The number of carboxylic acids is 1. The number of thioether (sulfide) groups is 1. The van der Waals surface area contributed by atoms with Crippen molar-refractivity contribution >= 4 is 35.3 Å². The highest BCUT2D eigenvalue weighted by molar-refractivity contribution is 7.98. The summed E-state index contributed by atoms with van der Waals surface area (Å²) in [6, 6.07) is 13.2. The van der Waals surface area contributed by atoms with E-state index in [1.54, 1.807) is 42.9 Å². The van der Waals surface area contributed by atoms with Crippen molar-refractivity contribution in [2.45, 2.75) is 25.4 Å². The van der Waals surface area contributed by atoms with E-state index < -0.39 is 17.4 Å². The standard InChI is InChI=1S/C25H26FN3O3S/c1-25(24(31)32,10-13-33-2)28-23(30)20-5-3-4-18(14-20)15-21(16-29-12-11-27-17-29)19-6-8-22(26)9-7-19/h3-9,11-12,14-15,17H,10,13,16H2,1-2H3,(H,28,30)(H,31,32)/b21-15-/t25-/m0/s1. The van der Waals surface area contributed by atoms with Crippen LogP contribution in [0.1, 0.15) is 34.8 Å². The van der Waals surface area contributed by atoms with E-state index in [0.717, 1.165) is 16.7 Å². The van der Waals surface area contributed by atoms with E-state index >= 15 is 0 Å². The molecule has 33 heavy (non-hydrogen) atoms. The third-order valence-corrected chi connectivity index (χ3v) is 5.90. The van der Waals surface area contributed by atoms with Crippen molar-refractivity contribution in [1.82, 2.24) is 14.9 Å². The second-order valence-corrected chi connectivity index (χ2v) is 8.86. The molecule has 3 rings (SSSR count). The third-order valence-electron chi connectivity index (χ3n) is 5.28.